The summed E-state index contributed by atoms with van der Waals surface area (Å²) in [6.07, 6.45) is 1.76. The van der Waals surface area contributed by atoms with Gasteiger partial charge in [0.2, 0.25) is 0 Å². The molecule has 14 nitrogen and oxygen atoms in total. The fraction of sp³-hybridized carbons (Fsp3) is 0.913. The molecule has 0 saturated carbocycles. The van der Waals surface area contributed by atoms with Gasteiger partial charge in [-0.2, -0.15) is 0 Å². The van der Waals surface area contributed by atoms with Crippen molar-refractivity contribution < 1.29 is 68.3 Å². The summed E-state index contributed by atoms with van der Waals surface area (Å²) < 4.78 is 47.8. The van der Waals surface area contributed by atoms with Crippen molar-refractivity contribution in [3.63, 3.8) is 0 Å². The van der Waals surface area contributed by atoms with E-state index < -0.39 is 90.3 Å². The maximum atomic E-state index is 13.3. The van der Waals surface area contributed by atoms with Gasteiger partial charge in [-0.05, 0) is 64.4 Å². The zero-order valence-corrected chi connectivity index (χ0v) is 37.9. The van der Waals surface area contributed by atoms with Crippen molar-refractivity contribution >= 4 is 11.8 Å². The number of hydrogen-bond donors (Lipinski definition) is 5. The summed E-state index contributed by atoms with van der Waals surface area (Å²) in [6.45, 7) is 20.6. The van der Waals surface area contributed by atoms with Crippen LogP contribution in [0.15, 0.2) is 11.6 Å². The van der Waals surface area contributed by atoms with Gasteiger partial charge < -0.3 is 58.7 Å². The number of aliphatic hydroxyl groups excluding tert-OH is 3. The Morgan fingerprint density at radius 2 is 1.58 bits per heavy atom. The minimum absolute atomic E-state index is 0.0494. The third-order valence-electron chi connectivity index (χ3n) is 15.6. The first-order valence-corrected chi connectivity index (χ1v) is 22.8. The highest BCUT2D eigenvalue weighted by Crippen LogP contribution is 2.56. The van der Waals surface area contributed by atoms with Gasteiger partial charge in [0.25, 0.3) is 0 Å². The van der Waals surface area contributed by atoms with Gasteiger partial charge in [-0.15, -0.1) is 0 Å². The van der Waals surface area contributed by atoms with Crippen LogP contribution in [0.4, 0.5) is 0 Å². The molecule has 6 rings (SSSR count). The number of rotatable bonds is 12. The van der Waals surface area contributed by atoms with E-state index in [1.54, 1.807) is 20.8 Å². The van der Waals surface area contributed by atoms with Crippen molar-refractivity contribution in [1.29, 1.82) is 0 Å². The Kier molecular flexibility index (Phi) is 14.5. The summed E-state index contributed by atoms with van der Waals surface area (Å²) >= 11 is 0. The quantitative estimate of drug-likeness (QED) is 0.154. The van der Waals surface area contributed by atoms with Crippen molar-refractivity contribution in [3.8, 4) is 0 Å². The molecule has 14 heteroatoms. The predicted molar refractivity (Wildman–Crippen MR) is 219 cm³/mol. The molecule has 5 N–H and O–H groups in total. The van der Waals surface area contributed by atoms with Crippen molar-refractivity contribution in [2.24, 2.45) is 47.3 Å². The van der Waals surface area contributed by atoms with Gasteiger partial charge in [-0.25, -0.2) is 0 Å². The van der Waals surface area contributed by atoms with Crippen LogP contribution >= 0.6 is 0 Å². The fourth-order valence-corrected chi connectivity index (χ4v) is 11.5. The van der Waals surface area contributed by atoms with Crippen LogP contribution in [0, 0.1) is 47.3 Å². The monoisotopic (exact) mass is 853 g/mol. The molecule has 6 fully saturated rings. The number of aliphatic hydroxyl groups is 4. The molecule has 344 valence electrons. The van der Waals surface area contributed by atoms with Crippen LogP contribution in [-0.4, -0.2) is 122 Å². The number of carboxylic acids is 1. The summed E-state index contributed by atoms with van der Waals surface area (Å²) in [5.41, 5.74) is -0.353. The fourth-order valence-electron chi connectivity index (χ4n) is 11.5. The second-order valence-corrected chi connectivity index (χ2v) is 20.4. The molecule has 0 aliphatic carbocycles. The lowest BCUT2D eigenvalue weighted by Crippen LogP contribution is -2.63. The van der Waals surface area contributed by atoms with Gasteiger partial charge in [-0.1, -0.05) is 61.5 Å². The summed E-state index contributed by atoms with van der Waals surface area (Å²) in [5.74, 6) is -7.16. The smallest absolute Gasteiger partial charge is 0.306 e. The Morgan fingerprint density at radius 1 is 0.883 bits per heavy atom. The van der Waals surface area contributed by atoms with E-state index in [9.17, 15) is 35.1 Å². The molecule has 0 bridgehead atoms. The third-order valence-corrected chi connectivity index (χ3v) is 15.6. The van der Waals surface area contributed by atoms with Gasteiger partial charge in [0, 0.05) is 61.2 Å². The Balaban J connectivity index is 1.24. The number of ether oxygens (including phenoxy) is 7. The van der Waals surface area contributed by atoms with Crippen LogP contribution < -0.4 is 0 Å². The number of allylic oxidation sites excluding steroid dienone is 1. The second-order valence-electron chi connectivity index (χ2n) is 20.4. The minimum atomic E-state index is -1.67. The van der Waals surface area contributed by atoms with Crippen LogP contribution in [0.1, 0.15) is 134 Å². The van der Waals surface area contributed by atoms with Crippen molar-refractivity contribution in [1.82, 2.24) is 0 Å². The van der Waals surface area contributed by atoms with E-state index in [1.165, 1.54) is 0 Å². The van der Waals surface area contributed by atoms with Crippen LogP contribution in [0.3, 0.4) is 0 Å². The van der Waals surface area contributed by atoms with Gasteiger partial charge in [0.05, 0.1) is 67.0 Å². The van der Waals surface area contributed by atoms with E-state index in [4.69, 9.17) is 33.2 Å². The van der Waals surface area contributed by atoms with E-state index in [0.717, 1.165) is 0 Å². The number of carbonyl (C=O) groups is 2. The van der Waals surface area contributed by atoms with Crippen LogP contribution in [-0.2, 0) is 42.7 Å². The molecule has 6 aliphatic rings. The van der Waals surface area contributed by atoms with Gasteiger partial charge in [0.1, 0.15) is 0 Å². The first-order valence-electron chi connectivity index (χ1n) is 22.8. The Hall–Kier alpha value is -1.56. The highest BCUT2D eigenvalue weighted by atomic mass is 16.8. The highest BCUT2D eigenvalue weighted by molar-refractivity contribution is 5.96. The summed E-state index contributed by atoms with van der Waals surface area (Å²) in [5, 5.41) is 52.8. The van der Waals surface area contributed by atoms with Crippen LogP contribution in [0.2, 0.25) is 0 Å². The lowest BCUT2D eigenvalue weighted by atomic mass is 9.76. The van der Waals surface area contributed by atoms with E-state index in [1.807, 2.05) is 40.7 Å². The lowest BCUT2D eigenvalue weighted by molar-refractivity contribution is -0.390. The standard InChI is InChI=1S/C46H76O14/c1-23(39(50)24(2)17-27(5)42(51)52)16-25(3)40-30(8)34(49)21-44(58-40)15-14-43(11,60-44)37-20-35(55-38-13-12-33(48)32(10)54-38)31(9)46(57-37)29(7)19-36(56-46)41-26(4)18-28(6)45(53,22-47)59-41/h16,24-38,40-41,47-49,53H,12-15,17-22H2,1-11H3,(H,51,52)/b23-16+/t24-,25+,26+,27+,28-,29+,30-,31-,32?,33?,34+,35+,36-,37-,38?,40-,41+,43+,44-,45+,46+/m1/s1. The normalized spacial score (nSPS) is 49.2. The maximum Gasteiger partial charge on any atom is 0.306 e. The zero-order chi connectivity index (χ0) is 44.3. The van der Waals surface area contributed by atoms with Crippen LogP contribution in [0.25, 0.3) is 0 Å². The average molecular weight is 853 g/mol. The molecule has 6 heterocycles. The SMILES string of the molecule is C/C(=C\[C@H](C)[C@H]1O[C@@]2(CC[C@@](C)([C@H]3C[C@H](OC4CCC(O)C(C)O4)[C@@H](C)[C@@]4(O[C@@H]([C@H]5O[C@@](O)(CO)[C@H](C)C[C@@H]5C)C[C@@H]4C)O3)O2)C[C@H](O)[C@H]1C)C(=O)[C@H](C)C[C@H](C)C(=O)O. The molecule has 21 atom stereocenters. The largest absolute Gasteiger partial charge is 0.481 e. The van der Waals surface area contributed by atoms with Crippen molar-refractivity contribution in [2.75, 3.05) is 6.61 Å². The number of aliphatic carboxylic acids is 1. The number of carboxylic acid groups (broad SMARTS) is 1. The number of Topliss-reactive ketones (excluding diaryl/α,β-unsaturated/α-hetero) is 1. The van der Waals surface area contributed by atoms with Gasteiger partial charge >= 0.3 is 5.97 Å². The average Bonchev–Trinajstić information content (AvgIpc) is 3.69. The summed E-state index contributed by atoms with van der Waals surface area (Å²) in [7, 11) is 0. The summed E-state index contributed by atoms with van der Waals surface area (Å²) in [6, 6.07) is 0. The highest BCUT2D eigenvalue weighted by Gasteiger charge is 2.65. The third kappa shape index (κ3) is 9.32. The number of carbonyl (C=O) groups excluding carboxylic acids is 1. The zero-order valence-electron chi connectivity index (χ0n) is 37.9. The van der Waals surface area contributed by atoms with Crippen molar-refractivity contribution in [3.05, 3.63) is 11.6 Å². The van der Waals surface area contributed by atoms with Gasteiger partial charge in [0.15, 0.2) is 29.4 Å². The Labute approximate surface area is 357 Å². The molecule has 3 unspecified atom stereocenters. The predicted octanol–water partition coefficient (Wildman–Crippen LogP) is 5.50. The Morgan fingerprint density at radius 3 is 2.23 bits per heavy atom. The molecule has 2 spiro atoms. The molecule has 0 radical (unpaired) electrons. The molecule has 60 heavy (non-hydrogen) atoms. The first-order chi connectivity index (χ1) is 28.0. The van der Waals surface area contributed by atoms with E-state index in [0.29, 0.717) is 50.5 Å². The molecule has 0 amide bonds. The Bertz CT molecular complexity index is 1560. The summed E-state index contributed by atoms with van der Waals surface area (Å²) in [4.78, 5) is 24.8. The first kappa shape index (κ1) is 47.9. The molecule has 0 aromatic heterocycles. The minimum Gasteiger partial charge on any atom is -0.481 e. The molecule has 0 aromatic carbocycles. The molecule has 6 saturated heterocycles. The topological polar surface area (TPSA) is 200 Å². The van der Waals surface area contributed by atoms with Crippen LogP contribution in [0.5, 0.6) is 0 Å². The number of hydrogen-bond acceptors (Lipinski definition) is 13. The molecular weight excluding hydrogens is 776 g/mol. The van der Waals surface area contributed by atoms with Crippen molar-refractivity contribution in [2.45, 2.75) is 212 Å². The van der Waals surface area contributed by atoms with E-state index in [-0.39, 0.29) is 66.3 Å². The lowest BCUT2D eigenvalue weighted by Gasteiger charge is -2.54. The molecule has 6 aliphatic heterocycles. The molecular formula is C46H76O14. The van der Waals surface area contributed by atoms with Gasteiger partial charge in [-0.3, -0.25) is 9.59 Å². The number of ketones is 1. The molecule has 0 aromatic rings. The second kappa shape index (κ2) is 18.1. The van der Waals surface area contributed by atoms with E-state index in [2.05, 4.69) is 20.8 Å². The van der Waals surface area contributed by atoms with E-state index >= 15 is 0 Å². The maximum absolute atomic E-state index is 13.3.